The Bertz CT molecular complexity index is 5330. The number of carbonyl (C=O) groups is 5. The summed E-state index contributed by atoms with van der Waals surface area (Å²) in [7, 11) is 0. The number of ether oxygens (including phenoxy) is 7. The van der Waals surface area contributed by atoms with Gasteiger partial charge >= 0.3 is 28.4 Å². The van der Waals surface area contributed by atoms with Crippen molar-refractivity contribution in [2.45, 2.75) is 219 Å². The minimum absolute atomic E-state index is 0.00568. The first-order valence-corrected chi connectivity index (χ1v) is 39.0. The molecular weight excluding hydrogens is 1780 g/mol. The summed E-state index contributed by atoms with van der Waals surface area (Å²) in [5.41, 5.74) is 27.1. The zero-order valence-corrected chi connectivity index (χ0v) is 69.4. The van der Waals surface area contributed by atoms with Gasteiger partial charge in [-0.05, 0) is 118 Å². The molecule has 5 aromatic rings. The molecule has 0 aliphatic carbocycles. The molecule has 0 bridgehead atoms. The first-order valence-electron chi connectivity index (χ1n) is 39.0. The Labute approximate surface area is 730 Å². The maximum Gasteiger partial charge on any atom is 0.351 e. The molecule has 712 valence electrons. The molecule has 0 saturated carbocycles. The molecule has 0 spiro atoms. The molecule has 62 heteroatoms. The van der Waals surface area contributed by atoms with Gasteiger partial charge < -0.3 is 110 Å². The molecule has 7 saturated heterocycles. The molecule has 7 fully saturated rings. The fraction of sp³-hybridized carbons (Fsp3) is 0.638. The highest BCUT2D eigenvalue weighted by Crippen LogP contribution is 2.45. The number of aliphatic hydroxyl groups is 10. The third-order valence-corrected chi connectivity index (χ3v) is 21.0. The van der Waals surface area contributed by atoms with Gasteiger partial charge in [0.25, 0.3) is 12.9 Å². The lowest BCUT2D eigenvalue weighted by Gasteiger charge is -2.24. The van der Waals surface area contributed by atoms with Crippen LogP contribution in [0.25, 0.3) is 52.2 Å². The molecule has 24 atom stereocenters. The van der Waals surface area contributed by atoms with Crippen molar-refractivity contribution in [1.82, 2.24) is 47.8 Å². The van der Waals surface area contributed by atoms with E-state index in [1.807, 2.05) is 23.6 Å². The Morgan fingerprint density at radius 2 is 0.756 bits per heavy atom. The van der Waals surface area contributed by atoms with E-state index in [-0.39, 0.29) is 85.8 Å². The Morgan fingerprint density at radius 3 is 1.01 bits per heavy atom. The van der Waals surface area contributed by atoms with Crippen LogP contribution < -0.4 is 54.2 Å². The highest BCUT2D eigenvalue weighted by atomic mass is 19.2. The van der Waals surface area contributed by atoms with E-state index in [0.717, 1.165) is 71.1 Å². The fourth-order valence-electron chi connectivity index (χ4n) is 14.2. The Morgan fingerprint density at radius 1 is 0.466 bits per heavy atom. The number of anilines is 5. The Hall–Kier alpha value is -13.0. The molecule has 131 heavy (non-hydrogen) atoms. The van der Waals surface area contributed by atoms with Crippen LogP contribution in [0.3, 0.4) is 0 Å². The highest BCUT2D eigenvalue weighted by molar-refractivity contribution is 5.80. The second-order valence-electron chi connectivity index (χ2n) is 29.8. The van der Waals surface area contributed by atoms with E-state index in [0.29, 0.717) is 20.8 Å². The number of hydrogen-bond donors (Lipinski definition) is 13. The van der Waals surface area contributed by atoms with Crippen molar-refractivity contribution >= 4 is 59.4 Å². The molecule has 57 nitrogen and oxygen atoms in total. The molecule has 10 unspecified atom stereocenters. The summed E-state index contributed by atoms with van der Waals surface area (Å²) in [6.07, 6.45) is -20.0. The van der Waals surface area contributed by atoms with E-state index >= 15 is 0 Å². The van der Waals surface area contributed by atoms with Crippen molar-refractivity contribution in [2.75, 3.05) is 85.0 Å². The predicted octanol–water partition coefficient (Wildman–Crippen LogP) is -0.849. The van der Waals surface area contributed by atoms with Crippen LogP contribution in [0.5, 0.6) is 0 Å². The molecule has 0 radical (unpaired) electrons. The zero-order chi connectivity index (χ0) is 96.8. The van der Waals surface area contributed by atoms with Crippen LogP contribution in [0.4, 0.5) is 51.0 Å². The maximum absolute atomic E-state index is 14.5. The summed E-state index contributed by atoms with van der Waals surface area (Å²) < 4.78 is 111. The normalized spacial score (nSPS) is 30.5. The second-order valence-corrected chi connectivity index (χ2v) is 29.8. The number of aliphatic hydroxyl groups excluding tert-OH is 10. The molecule has 0 amide bonds. The number of hydrogen-bond acceptors (Lipinski definition) is 42. The molecule has 13 N–H and O–H groups in total. The van der Waals surface area contributed by atoms with Gasteiger partial charge in [0.1, 0.15) is 83.6 Å². The second kappa shape index (κ2) is 45.5. The number of halogens is 5. The van der Waals surface area contributed by atoms with Gasteiger partial charge in [-0.2, -0.15) is 24.9 Å². The lowest BCUT2D eigenvalue weighted by molar-refractivity contribution is -0.134. The summed E-state index contributed by atoms with van der Waals surface area (Å²) in [6.45, 7) is 4.86. The van der Waals surface area contributed by atoms with Crippen molar-refractivity contribution in [3.8, 4) is 0 Å². The van der Waals surface area contributed by atoms with Crippen LogP contribution in [-0.2, 0) is 57.1 Å². The first-order chi connectivity index (χ1) is 62.2. The van der Waals surface area contributed by atoms with Crippen LogP contribution in [0, 0.1) is 0 Å². The van der Waals surface area contributed by atoms with E-state index in [1.54, 1.807) is 12.1 Å². The third kappa shape index (κ3) is 23.2. The van der Waals surface area contributed by atoms with Gasteiger partial charge in [0.05, 0.1) is 52.0 Å². The summed E-state index contributed by atoms with van der Waals surface area (Å²) in [6, 6.07) is 6.78. The number of azide groups is 5. The number of ketones is 3. The maximum atomic E-state index is 14.5. The molecular formula is C69H89F5N30O27. The average Bonchev–Trinajstić information content (AvgIpc) is 1.63. The number of nitrogens with zero attached hydrogens (tertiary/aromatic N) is 27. The third-order valence-electron chi connectivity index (χ3n) is 21.0. The number of rotatable bonds is 33. The van der Waals surface area contributed by atoms with Gasteiger partial charge in [-0.25, -0.2) is 45.9 Å². The minimum Gasteiger partial charge on any atom is -0.466 e. The number of aromatic nitrogens is 10. The number of carbonyl (C=O) groups excluding carboxylic acids is 5. The number of Topliss-reactive ketones (excluding diaryl/α,β-unsaturated/α-hetero) is 3. The quantitative estimate of drug-likeness (QED) is 0.00608. The number of nitrogens with one attached hydrogen (secondary N) is 3. The Kier molecular flexibility index (Phi) is 35.9. The van der Waals surface area contributed by atoms with Crippen LogP contribution in [0.1, 0.15) is 104 Å². The largest absolute Gasteiger partial charge is 0.466 e. The van der Waals surface area contributed by atoms with Crippen LogP contribution in [0.2, 0.25) is 0 Å². The van der Waals surface area contributed by atoms with Crippen molar-refractivity contribution in [2.24, 2.45) is 25.6 Å². The van der Waals surface area contributed by atoms with Crippen molar-refractivity contribution < 1.29 is 130 Å². The summed E-state index contributed by atoms with van der Waals surface area (Å²) in [5, 5.41) is 120. The molecule has 7 aliphatic rings. The Balaban J connectivity index is 0.000000202. The summed E-state index contributed by atoms with van der Waals surface area (Å²) in [5.74, 6) is 0.360. The van der Waals surface area contributed by atoms with Gasteiger partial charge in [0.2, 0.25) is 28.6 Å². The summed E-state index contributed by atoms with van der Waals surface area (Å²) in [4.78, 5) is 150. The zero-order valence-electron chi connectivity index (χ0n) is 69.4. The number of alkyl halides is 5. The van der Waals surface area contributed by atoms with Crippen molar-refractivity contribution in [3.63, 3.8) is 0 Å². The van der Waals surface area contributed by atoms with Gasteiger partial charge in [-0.15, -0.1) is 0 Å². The van der Waals surface area contributed by atoms with Crippen LogP contribution in [0.15, 0.2) is 111 Å². The SMILES string of the molecule is CC(=O)CNc1ccn(C2O[C@@](CO)(N=[N+]=[N-])C(O)[C@@H]2F)c(=O)n1.CC(=O)C[C@@H](COC=O)Nc1ccn(C2O[C@@](CO)(N=[N+]=[N-])C(O)[C@@H]2F)c(=O)n1.CC(=O)C[C@H](Nc1ccn(C2O[C@@](CO)(N=[N+]=[N-])C(O)[C@@H]2F)c(=O)n1)OC=O.C[C@@H]1CCCN1c1ccn(C2O[C@@](CO)(N=[N+]=[N-])C(O)[C@@H]2F)c(=O)n1.C[C@@H]1CCCN1c1ccn(C2O[C@@](CO)(N=[N+]=[N-])C(O)[C@@H]2F)c(=O)n1. The fourth-order valence-corrected chi connectivity index (χ4v) is 14.2. The van der Waals surface area contributed by atoms with E-state index < -0.39 is 195 Å². The van der Waals surface area contributed by atoms with Gasteiger partial charge in [0, 0.05) is 87.1 Å². The smallest absolute Gasteiger partial charge is 0.351 e. The molecule has 7 aliphatic heterocycles. The van der Waals surface area contributed by atoms with Crippen LogP contribution >= 0.6 is 0 Å². The van der Waals surface area contributed by atoms with Gasteiger partial charge in [-0.3, -0.25) is 46.8 Å². The van der Waals surface area contributed by atoms with Gasteiger partial charge in [-0.1, -0.05) is 25.6 Å². The van der Waals surface area contributed by atoms with E-state index in [2.05, 4.69) is 100 Å². The van der Waals surface area contributed by atoms with Crippen molar-refractivity contribution in [3.05, 3.63) is 166 Å². The lowest BCUT2D eigenvalue weighted by Crippen LogP contribution is -2.43. The topological polar surface area (TPSA) is 813 Å². The average molecular weight is 1870 g/mol. The van der Waals surface area contributed by atoms with E-state index in [9.17, 15) is 121 Å². The van der Waals surface area contributed by atoms with Crippen LogP contribution in [-0.4, -0.2) is 303 Å². The van der Waals surface area contributed by atoms with E-state index in [4.69, 9.17) is 51.3 Å². The summed E-state index contributed by atoms with van der Waals surface area (Å²) >= 11 is 0. The minimum atomic E-state index is -2.29. The first kappa shape index (κ1) is 103. The highest BCUT2D eigenvalue weighted by Gasteiger charge is 2.61. The predicted molar refractivity (Wildman–Crippen MR) is 428 cm³/mol. The van der Waals surface area contributed by atoms with Gasteiger partial charge in [0.15, 0.2) is 68.2 Å². The lowest BCUT2D eigenvalue weighted by atomic mass is 10.1. The molecule has 12 rings (SSSR count). The standard InChI is InChI=1S/C15H19FN6O7.C14H17FN6O7.2C14H19FN6O4.C12H15FN6O5/c1-8(25)4-9(5-28-7-24)18-10-2-3-22(14(27)19-10)13-11(16)12(26)15(6-23,29-13)20-21-17;1-7(24)4-9(27-6-23)17-8-2-3-21(13(26)18-8)12-10(15)11(25)14(5-22,28-12)19-20-16;2*1-8-3-2-5-20(8)9-4-6-21(13(24)17-9)12-10(15)11(23)14(7-22,25-12)18-19-16;1-6(21)4-15-7-2-3-19(11(23)16-7)10-8(13)9(22)12(5-20,24-10)17-18-14/h2-3,7,9,11-13,23,26H,4-6H2,1H3,(H,18,19,27);2-3,6,9-12,22,25H,4-5H2,1H3,(H,17,18,26);2*4,6,8,10-12,22-23H,2-3,5,7H2,1H3;2-3,8-10,20,22H,4-5H2,1H3,(H,15,16,23)/t9-,11-,12?,13?,15+;9-,10+,11?,12?,14-;2*8-,10+,11?,12?,14-;8-,9?,10?,12+/m01110/s1. The van der Waals surface area contributed by atoms with Crippen molar-refractivity contribution in [1.29, 1.82) is 0 Å². The molecule has 5 aromatic heterocycles. The van der Waals surface area contributed by atoms with E-state index in [1.165, 1.54) is 51.4 Å². The molecule has 0 aromatic carbocycles. The monoisotopic (exact) mass is 1860 g/mol. The molecule has 12 heterocycles.